The molecule has 0 saturated heterocycles. The molecule has 0 radical (unpaired) electrons. The topological polar surface area (TPSA) is 112 Å². The lowest BCUT2D eigenvalue weighted by Gasteiger charge is -2.09. The van der Waals surface area contributed by atoms with Crippen molar-refractivity contribution < 1.29 is 9.47 Å². The van der Waals surface area contributed by atoms with Gasteiger partial charge in [0.05, 0.1) is 18.5 Å². The standard InChI is InChI=1S/C18H17ClN8O2/c1-11-22-13(17-18(19)25-16-4-3-5-21-27(16)17)9-14(23-11)24-15-8-12(10-20-26-15)29-7-6-28-2/h3-5,8-10H,6-7H2,1-2H3,(H,22,23,24,26). The molecular formula is C18H17ClN8O2. The molecule has 0 aliphatic heterocycles. The van der Waals surface area contributed by atoms with E-state index in [2.05, 4.69) is 35.6 Å². The van der Waals surface area contributed by atoms with E-state index in [1.807, 2.05) is 6.07 Å². The number of aryl methyl sites for hydroxylation is 1. The second-order valence-electron chi connectivity index (χ2n) is 5.97. The number of anilines is 2. The van der Waals surface area contributed by atoms with E-state index in [0.29, 0.717) is 58.6 Å². The van der Waals surface area contributed by atoms with Gasteiger partial charge in [-0.2, -0.15) is 10.2 Å². The first kappa shape index (κ1) is 19.0. The molecule has 4 aromatic rings. The summed E-state index contributed by atoms with van der Waals surface area (Å²) in [5.74, 6) is 2.12. The SMILES string of the molecule is COCCOc1cnnc(Nc2cc(-c3c(Cl)nc4cccnn34)nc(C)n2)c1. The molecule has 4 aromatic heterocycles. The third-order valence-corrected chi connectivity index (χ3v) is 4.14. The summed E-state index contributed by atoms with van der Waals surface area (Å²) in [4.78, 5) is 13.2. The van der Waals surface area contributed by atoms with Crippen LogP contribution in [0.1, 0.15) is 5.82 Å². The number of nitrogens with one attached hydrogen (secondary N) is 1. The van der Waals surface area contributed by atoms with Gasteiger partial charge in [0, 0.05) is 25.4 Å². The van der Waals surface area contributed by atoms with Gasteiger partial charge in [-0.15, -0.1) is 5.10 Å². The number of hydrogen-bond acceptors (Lipinski definition) is 9. The molecule has 4 heterocycles. The van der Waals surface area contributed by atoms with Crippen LogP contribution in [0.4, 0.5) is 11.6 Å². The Balaban J connectivity index is 1.64. The maximum atomic E-state index is 6.35. The first-order valence-electron chi connectivity index (χ1n) is 8.71. The van der Waals surface area contributed by atoms with Gasteiger partial charge in [0.2, 0.25) is 0 Å². The van der Waals surface area contributed by atoms with Gasteiger partial charge >= 0.3 is 0 Å². The fourth-order valence-corrected chi connectivity index (χ4v) is 2.96. The molecule has 29 heavy (non-hydrogen) atoms. The number of methoxy groups -OCH3 is 1. The predicted molar refractivity (Wildman–Crippen MR) is 106 cm³/mol. The van der Waals surface area contributed by atoms with Crippen molar-refractivity contribution in [1.82, 2.24) is 34.8 Å². The van der Waals surface area contributed by atoms with Crippen molar-refractivity contribution in [3.8, 4) is 17.1 Å². The lowest BCUT2D eigenvalue weighted by molar-refractivity contribution is 0.146. The predicted octanol–water partition coefficient (Wildman–Crippen LogP) is 2.71. The second kappa shape index (κ2) is 8.33. The zero-order valence-electron chi connectivity index (χ0n) is 15.7. The summed E-state index contributed by atoms with van der Waals surface area (Å²) in [5.41, 5.74) is 1.79. The van der Waals surface area contributed by atoms with E-state index >= 15 is 0 Å². The highest BCUT2D eigenvalue weighted by Crippen LogP contribution is 2.28. The lowest BCUT2D eigenvalue weighted by Crippen LogP contribution is -2.06. The van der Waals surface area contributed by atoms with E-state index in [1.54, 1.807) is 42.9 Å². The minimum absolute atomic E-state index is 0.307. The summed E-state index contributed by atoms with van der Waals surface area (Å²) in [5, 5.41) is 15.7. The van der Waals surface area contributed by atoms with Crippen molar-refractivity contribution in [2.45, 2.75) is 6.92 Å². The Morgan fingerprint density at radius 3 is 2.90 bits per heavy atom. The molecule has 0 fully saturated rings. The van der Waals surface area contributed by atoms with E-state index in [1.165, 1.54) is 6.20 Å². The molecule has 0 unspecified atom stereocenters. The zero-order valence-corrected chi connectivity index (χ0v) is 16.5. The highest BCUT2D eigenvalue weighted by atomic mass is 35.5. The average Bonchev–Trinajstić information content (AvgIpc) is 3.04. The van der Waals surface area contributed by atoms with Crippen LogP contribution in [-0.2, 0) is 4.74 Å². The molecule has 11 heteroatoms. The van der Waals surface area contributed by atoms with Crippen LogP contribution in [0.3, 0.4) is 0 Å². The van der Waals surface area contributed by atoms with Crippen LogP contribution < -0.4 is 10.1 Å². The van der Waals surface area contributed by atoms with Crippen molar-refractivity contribution in [3.05, 3.63) is 47.6 Å². The molecule has 10 nitrogen and oxygen atoms in total. The Labute approximate surface area is 170 Å². The van der Waals surface area contributed by atoms with Gasteiger partial charge in [0.25, 0.3) is 0 Å². The summed E-state index contributed by atoms with van der Waals surface area (Å²) in [6, 6.07) is 7.08. The Morgan fingerprint density at radius 1 is 1.14 bits per heavy atom. The number of rotatable bonds is 7. The number of fused-ring (bicyclic) bond motifs is 1. The second-order valence-corrected chi connectivity index (χ2v) is 6.33. The van der Waals surface area contributed by atoms with Crippen LogP contribution in [0.25, 0.3) is 17.0 Å². The highest BCUT2D eigenvalue weighted by molar-refractivity contribution is 6.32. The molecule has 0 aliphatic carbocycles. The Bertz CT molecular complexity index is 1150. The number of halogens is 1. The molecule has 0 saturated carbocycles. The molecule has 0 spiro atoms. The van der Waals surface area contributed by atoms with Gasteiger partial charge < -0.3 is 14.8 Å². The molecule has 0 amide bonds. The van der Waals surface area contributed by atoms with Gasteiger partial charge in [-0.05, 0) is 19.1 Å². The minimum atomic E-state index is 0.307. The number of aromatic nitrogens is 7. The molecular weight excluding hydrogens is 396 g/mol. The van der Waals surface area contributed by atoms with Crippen molar-refractivity contribution in [3.63, 3.8) is 0 Å². The lowest BCUT2D eigenvalue weighted by atomic mass is 10.3. The van der Waals surface area contributed by atoms with E-state index in [9.17, 15) is 0 Å². The van der Waals surface area contributed by atoms with Gasteiger partial charge in [0.1, 0.15) is 29.7 Å². The Morgan fingerprint density at radius 2 is 2.03 bits per heavy atom. The molecule has 0 atom stereocenters. The van der Waals surface area contributed by atoms with Crippen LogP contribution in [-0.4, -0.2) is 55.1 Å². The fraction of sp³-hybridized carbons (Fsp3) is 0.222. The van der Waals surface area contributed by atoms with Crippen LogP contribution in [0, 0.1) is 6.92 Å². The summed E-state index contributed by atoms with van der Waals surface area (Å²) in [6.07, 6.45) is 3.19. The molecule has 148 valence electrons. The summed E-state index contributed by atoms with van der Waals surface area (Å²) in [6.45, 7) is 2.68. The maximum Gasteiger partial charge on any atom is 0.159 e. The number of hydrogen-bond donors (Lipinski definition) is 1. The average molecular weight is 413 g/mol. The summed E-state index contributed by atoms with van der Waals surface area (Å²) >= 11 is 6.35. The van der Waals surface area contributed by atoms with E-state index < -0.39 is 0 Å². The quantitative estimate of drug-likeness (QED) is 0.457. The third-order valence-electron chi connectivity index (χ3n) is 3.87. The van der Waals surface area contributed by atoms with Crippen LogP contribution in [0.2, 0.25) is 5.15 Å². The number of imidazole rings is 1. The molecule has 4 rings (SSSR count). The third kappa shape index (κ3) is 4.23. The number of ether oxygens (including phenoxy) is 2. The highest BCUT2D eigenvalue weighted by Gasteiger charge is 2.16. The molecule has 0 aromatic carbocycles. The van der Waals surface area contributed by atoms with Crippen molar-refractivity contribution in [2.75, 3.05) is 25.6 Å². The minimum Gasteiger partial charge on any atom is -0.489 e. The maximum absolute atomic E-state index is 6.35. The Kier molecular flexibility index (Phi) is 5.45. The molecule has 0 bridgehead atoms. The number of nitrogens with zero attached hydrogens (tertiary/aromatic N) is 7. The van der Waals surface area contributed by atoms with Crippen molar-refractivity contribution >= 4 is 28.9 Å². The first-order chi connectivity index (χ1) is 14.1. The summed E-state index contributed by atoms with van der Waals surface area (Å²) < 4.78 is 12.2. The van der Waals surface area contributed by atoms with Crippen LogP contribution in [0.5, 0.6) is 5.75 Å². The van der Waals surface area contributed by atoms with E-state index in [4.69, 9.17) is 21.1 Å². The van der Waals surface area contributed by atoms with Crippen molar-refractivity contribution in [1.29, 1.82) is 0 Å². The molecule has 1 N–H and O–H groups in total. The summed E-state index contributed by atoms with van der Waals surface area (Å²) in [7, 11) is 1.61. The first-order valence-corrected chi connectivity index (χ1v) is 9.08. The largest absolute Gasteiger partial charge is 0.489 e. The smallest absolute Gasteiger partial charge is 0.159 e. The zero-order chi connectivity index (χ0) is 20.2. The van der Waals surface area contributed by atoms with E-state index in [-0.39, 0.29) is 0 Å². The van der Waals surface area contributed by atoms with Gasteiger partial charge in [-0.3, -0.25) is 0 Å². The monoisotopic (exact) mass is 412 g/mol. The van der Waals surface area contributed by atoms with Crippen LogP contribution >= 0.6 is 11.6 Å². The van der Waals surface area contributed by atoms with Gasteiger partial charge in [0.15, 0.2) is 16.6 Å². The van der Waals surface area contributed by atoms with Gasteiger partial charge in [-0.1, -0.05) is 11.6 Å². The van der Waals surface area contributed by atoms with E-state index in [0.717, 1.165) is 0 Å². The van der Waals surface area contributed by atoms with Crippen LogP contribution in [0.15, 0.2) is 36.7 Å². The fourth-order valence-electron chi connectivity index (χ4n) is 2.69. The normalized spacial score (nSPS) is 11.0. The van der Waals surface area contributed by atoms with Gasteiger partial charge in [-0.25, -0.2) is 19.5 Å². The Hall–Kier alpha value is -3.37. The molecule has 0 aliphatic rings. The van der Waals surface area contributed by atoms with Crippen molar-refractivity contribution in [2.24, 2.45) is 0 Å².